The Morgan fingerprint density at radius 2 is 1.51 bits per heavy atom. The summed E-state index contributed by atoms with van der Waals surface area (Å²) >= 11 is 7.39. The van der Waals surface area contributed by atoms with E-state index in [2.05, 4.69) is 134 Å². The van der Waals surface area contributed by atoms with Gasteiger partial charge in [0.05, 0.1) is 19.1 Å². The maximum atomic E-state index is 12.0. The fourth-order valence-electron chi connectivity index (χ4n) is 6.02. The second kappa shape index (κ2) is 16.9. The molecule has 5 unspecified atom stereocenters. The molecule has 5 atom stereocenters. The molecular weight excluding hydrogens is 1040 g/mol. The van der Waals surface area contributed by atoms with Gasteiger partial charge in [-0.1, -0.05) is 24.3 Å². The minimum absolute atomic E-state index is 0.0269. The number of ether oxygens (including phenoxy) is 4. The van der Waals surface area contributed by atoms with Gasteiger partial charge in [-0.05, 0) is 55.7 Å². The van der Waals surface area contributed by atoms with Gasteiger partial charge >= 0.3 is 76.8 Å². The number of aryl methyl sites for hydroxylation is 2. The molecule has 0 spiro atoms. The van der Waals surface area contributed by atoms with Crippen molar-refractivity contribution in [2.45, 2.75) is 44.7 Å². The Kier molecular flexibility index (Phi) is 14.0. The van der Waals surface area contributed by atoms with Crippen molar-refractivity contribution in [1.82, 2.24) is 0 Å². The molecule has 0 saturated carbocycles. The van der Waals surface area contributed by atoms with Crippen molar-refractivity contribution in [3.63, 3.8) is 0 Å². The average Bonchev–Trinajstić information content (AvgIpc) is 3.71. The van der Waals surface area contributed by atoms with Crippen molar-refractivity contribution < 1.29 is 54.7 Å². The summed E-state index contributed by atoms with van der Waals surface area (Å²) in [5.74, 6) is -0.458. The van der Waals surface area contributed by atoms with Gasteiger partial charge in [0.25, 0.3) is 10.5 Å². The summed E-state index contributed by atoms with van der Waals surface area (Å²) in [5, 5.41) is 2.75. The summed E-state index contributed by atoms with van der Waals surface area (Å²) in [6.07, 6.45) is -1.27. The van der Waals surface area contributed by atoms with Crippen LogP contribution in [-0.4, -0.2) is 63.1 Å². The first-order chi connectivity index (χ1) is 22.1. The molecule has 3 saturated heterocycles. The Morgan fingerprint density at radius 3 is 1.98 bits per heavy atom. The number of fused-ring (bicyclic) bond motifs is 4. The number of carbonyl (C=O) groups is 2. The molecule has 0 amide bonds. The first kappa shape index (κ1) is 38.9. The molecule has 0 N–H and O–H groups in total. The maximum absolute atomic E-state index is 12.0. The zero-order valence-corrected chi connectivity index (χ0v) is 34.4. The van der Waals surface area contributed by atoms with Crippen molar-refractivity contribution >= 4 is 113 Å². The monoisotopic (exact) mass is 1070 g/mol. The van der Waals surface area contributed by atoms with Gasteiger partial charge < -0.3 is 23.5 Å². The molecule has 0 radical (unpaired) electrons. The van der Waals surface area contributed by atoms with Crippen LogP contribution in [0.5, 0.6) is 5.75 Å². The summed E-state index contributed by atoms with van der Waals surface area (Å²) in [7, 11) is -3.70. The van der Waals surface area contributed by atoms with Crippen LogP contribution in [0.2, 0.25) is 0 Å². The van der Waals surface area contributed by atoms with E-state index in [0.29, 0.717) is 6.42 Å². The van der Waals surface area contributed by atoms with E-state index >= 15 is 0 Å². The van der Waals surface area contributed by atoms with Crippen molar-refractivity contribution in [3.8, 4) is 10.6 Å². The van der Waals surface area contributed by atoms with Crippen LogP contribution >= 0.6 is 70.4 Å². The third kappa shape index (κ3) is 9.68. The number of esters is 2. The minimum atomic E-state index is -5.42. The molecule has 3 aliphatic rings. The summed E-state index contributed by atoms with van der Waals surface area (Å²) < 4.78 is 71.0. The van der Waals surface area contributed by atoms with Crippen molar-refractivity contribution in [2.24, 2.45) is 5.92 Å². The zero-order valence-electron chi connectivity index (χ0n) is 24.9. The van der Waals surface area contributed by atoms with Crippen molar-refractivity contribution in [1.29, 1.82) is 0 Å². The van der Waals surface area contributed by atoms with Crippen LogP contribution in [0.25, 0.3) is 25.1 Å². The Bertz CT molecular complexity index is 1790. The first-order valence-electron chi connectivity index (χ1n) is 13.8. The molecule has 254 valence electrons. The number of halogens is 5. The normalized spacial score (nSPS) is 22.1. The van der Waals surface area contributed by atoms with Gasteiger partial charge in [-0.2, -0.15) is 0 Å². The predicted molar refractivity (Wildman–Crippen MR) is 197 cm³/mol. The van der Waals surface area contributed by atoms with E-state index in [1.54, 1.807) is 7.11 Å². The van der Waals surface area contributed by atoms with Gasteiger partial charge in [-0.25, -0.2) is 17.6 Å². The molecule has 3 aliphatic heterocycles. The molecule has 7 rings (SSSR count). The Balaban J connectivity index is 0.000000178. The van der Waals surface area contributed by atoms with Crippen LogP contribution in [-0.2, 0) is 39.2 Å². The van der Waals surface area contributed by atoms with E-state index in [9.17, 15) is 17.9 Å². The van der Waals surface area contributed by atoms with Crippen LogP contribution in [0.4, 0.5) is 8.28 Å². The van der Waals surface area contributed by atoms with E-state index in [1.807, 2.05) is 0 Å². The SMILES string of the molecule is COc1c(C)cc(-[s+]2c3ccccc3c3ccccc32)cc1C.O=C(CF)OC1C2CC3C(=O)OC1C3O2.O=S(=O)([O-])F.[I][V]([I])[I]. The Morgan fingerprint density at radius 1 is 1.02 bits per heavy atom. The van der Waals surface area contributed by atoms with Crippen LogP contribution in [0, 0.1) is 19.8 Å². The van der Waals surface area contributed by atoms with Crippen LogP contribution in [0.15, 0.2) is 60.7 Å². The molecule has 9 nitrogen and oxygen atoms in total. The summed E-state index contributed by atoms with van der Waals surface area (Å²) in [6.45, 7) is 3.09. The van der Waals surface area contributed by atoms with E-state index < -0.39 is 35.4 Å². The van der Waals surface area contributed by atoms with E-state index in [1.165, 1.54) is 36.2 Å². The molecule has 4 heterocycles. The number of carbonyl (C=O) groups excluding carboxylic acids is 2. The average molecular weight is 1070 g/mol. The van der Waals surface area contributed by atoms with Crippen LogP contribution < -0.4 is 4.74 Å². The third-order valence-electron chi connectivity index (χ3n) is 7.54. The number of hydrogen-bond donors (Lipinski definition) is 0. The number of hydrogen-bond acceptors (Lipinski definition) is 9. The van der Waals surface area contributed by atoms with Gasteiger partial charge in [0.1, 0.15) is 11.9 Å². The van der Waals surface area contributed by atoms with Gasteiger partial charge in [0.15, 0.2) is 33.2 Å². The topological polar surface area (TPSA) is 128 Å². The van der Waals surface area contributed by atoms with E-state index in [0.717, 1.165) is 5.75 Å². The summed E-state index contributed by atoms with van der Waals surface area (Å²) in [6, 6.07) is 22.2. The first-order valence-corrected chi connectivity index (χ1v) is 29.8. The van der Waals surface area contributed by atoms with E-state index in [-0.39, 0.29) is 39.5 Å². The number of alkyl halides is 1. The van der Waals surface area contributed by atoms with Crippen molar-refractivity contribution in [2.75, 3.05) is 13.8 Å². The second-order valence-corrected chi connectivity index (χ2v) is 48.6. The third-order valence-corrected chi connectivity index (χ3v) is 9.84. The summed E-state index contributed by atoms with van der Waals surface area (Å²) in [4.78, 5) is 23.2. The van der Waals surface area contributed by atoms with E-state index in [4.69, 9.17) is 31.9 Å². The molecule has 47 heavy (non-hydrogen) atoms. The molecule has 17 heteroatoms. The molecule has 1 aromatic heterocycles. The molecular formula is C30H28F2I3O9S2V. The molecule has 0 aliphatic carbocycles. The predicted octanol–water partition coefficient (Wildman–Crippen LogP) is 8.01. The van der Waals surface area contributed by atoms with Crippen LogP contribution in [0.3, 0.4) is 0 Å². The molecule has 4 aromatic rings. The number of benzene rings is 3. The number of rotatable bonds is 4. The van der Waals surface area contributed by atoms with Gasteiger partial charge in [-0.15, -0.1) is 3.89 Å². The zero-order chi connectivity index (χ0) is 34.6. The Labute approximate surface area is 311 Å². The fourth-order valence-corrected chi connectivity index (χ4v) is 8.58. The van der Waals surface area contributed by atoms with Gasteiger partial charge in [-0.3, -0.25) is 4.79 Å². The Hall–Kier alpha value is -0.876. The van der Waals surface area contributed by atoms with Crippen LogP contribution in [0.1, 0.15) is 17.5 Å². The van der Waals surface area contributed by atoms with Crippen molar-refractivity contribution in [3.05, 3.63) is 71.8 Å². The number of thiophene rings is 1. The van der Waals surface area contributed by atoms with Gasteiger partial charge in [0.2, 0.25) is 0 Å². The molecule has 3 fully saturated rings. The van der Waals surface area contributed by atoms with Gasteiger partial charge in [0, 0.05) is 33.4 Å². The second-order valence-electron chi connectivity index (χ2n) is 10.4. The fraction of sp³-hybridized carbons (Fsp3) is 0.333. The number of methoxy groups -OCH3 is 1. The quantitative estimate of drug-likeness (QED) is 0.0657. The molecule has 2 bridgehead atoms. The standard InChI is InChI=1S/C21H19OS.C9H9FO5.FHO3S.3HI.V/c1-14-12-16(13-15(2)21(14)22-3)23-19-10-6-4-8-17(19)18-9-5-7-11-20(18)23;10-2-5(11)14-7-4-1-3-6(13-4)8(7)15-9(3)12;1-5(2,3)4;;;;/h4-13H,1-3H3;3-4,6-8H,1-2H2;(H,2,3,4);3*1H;/q+1;;;;;;+3/p-4. The molecule has 3 aromatic carbocycles. The summed E-state index contributed by atoms with van der Waals surface area (Å²) in [5.41, 5.74) is 2.41.